The second-order valence-electron chi connectivity index (χ2n) is 5.58. The number of nitriles is 1. The van der Waals surface area contributed by atoms with E-state index in [9.17, 15) is 0 Å². The summed E-state index contributed by atoms with van der Waals surface area (Å²) in [5, 5.41) is 10.0. The molecule has 0 amide bonds. The molecule has 0 atom stereocenters. The van der Waals surface area contributed by atoms with Crippen LogP contribution in [0.2, 0.25) is 0 Å². The molecule has 3 aromatic rings. The second-order valence-corrected chi connectivity index (χ2v) is 6.62. The maximum absolute atomic E-state index is 8.75. The van der Waals surface area contributed by atoms with Crippen LogP contribution in [0.3, 0.4) is 0 Å². The Morgan fingerprint density at radius 2 is 2.09 bits per heavy atom. The van der Waals surface area contributed by atoms with Crippen molar-refractivity contribution in [3.05, 3.63) is 59.5 Å². The van der Waals surface area contributed by atoms with Crippen molar-refractivity contribution in [2.45, 2.75) is 30.4 Å². The predicted octanol–water partition coefficient (Wildman–Crippen LogP) is 4.85. The van der Waals surface area contributed by atoms with Crippen LogP contribution in [-0.2, 0) is 5.75 Å². The van der Waals surface area contributed by atoms with Gasteiger partial charge in [0.2, 0.25) is 0 Å². The highest BCUT2D eigenvalue weighted by Crippen LogP contribution is 2.26. The summed E-state index contributed by atoms with van der Waals surface area (Å²) >= 11 is 1.72. The van der Waals surface area contributed by atoms with Crippen LogP contribution in [0.15, 0.2) is 47.5 Å². The lowest BCUT2D eigenvalue weighted by molar-refractivity contribution is 0.868. The number of nitrogens with one attached hydrogen (secondary N) is 1. The second kappa shape index (κ2) is 6.25. The minimum absolute atomic E-state index is 0.455. The molecule has 22 heavy (non-hydrogen) atoms. The average molecular weight is 307 g/mol. The van der Waals surface area contributed by atoms with Gasteiger partial charge in [-0.1, -0.05) is 26.0 Å². The van der Waals surface area contributed by atoms with Gasteiger partial charge in [0.15, 0.2) is 0 Å². The minimum atomic E-state index is 0.455. The molecule has 3 rings (SSSR count). The Morgan fingerprint density at radius 3 is 2.77 bits per heavy atom. The first-order valence-electron chi connectivity index (χ1n) is 7.26. The van der Waals surface area contributed by atoms with Crippen molar-refractivity contribution in [1.82, 2.24) is 9.97 Å². The first-order valence-corrected chi connectivity index (χ1v) is 8.25. The van der Waals surface area contributed by atoms with Crippen LogP contribution in [0.1, 0.15) is 36.7 Å². The van der Waals surface area contributed by atoms with Gasteiger partial charge in [0.25, 0.3) is 0 Å². The topological polar surface area (TPSA) is 52.5 Å². The van der Waals surface area contributed by atoms with Crippen LogP contribution < -0.4 is 0 Å². The molecule has 2 heterocycles. The van der Waals surface area contributed by atoms with Gasteiger partial charge in [-0.2, -0.15) is 5.26 Å². The number of hydrogen-bond acceptors (Lipinski definition) is 3. The van der Waals surface area contributed by atoms with Gasteiger partial charge in [0.1, 0.15) is 11.8 Å². The zero-order valence-corrected chi connectivity index (χ0v) is 13.4. The van der Waals surface area contributed by atoms with Crippen LogP contribution >= 0.6 is 11.8 Å². The summed E-state index contributed by atoms with van der Waals surface area (Å²) in [4.78, 5) is 8.65. The van der Waals surface area contributed by atoms with Gasteiger partial charge in [0.05, 0.1) is 0 Å². The van der Waals surface area contributed by atoms with Gasteiger partial charge in [0, 0.05) is 28.1 Å². The van der Waals surface area contributed by atoms with Gasteiger partial charge in [-0.25, -0.2) is 4.98 Å². The zero-order chi connectivity index (χ0) is 15.5. The molecular weight excluding hydrogens is 290 g/mol. The molecule has 110 valence electrons. The first kappa shape index (κ1) is 14.7. The summed E-state index contributed by atoms with van der Waals surface area (Å²) in [6.45, 7) is 4.41. The number of rotatable bonds is 4. The van der Waals surface area contributed by atoms with E-state index in [0.29, 0.717) is 11.6 Å². The molecule has 3 nitrogen and oxygen atoms in total. The van der Waals surface area contributed by atoms with Gasteiger partial charge in [-0.3, -0.25) is 0 Å². The molecule has 1 N–H and O–H groups in total. The lowest BCUT2D eigenvalue weighted by Crippen LogP contribution is -1.86. The highest BCUT2D eigenvalue weighted by atomic mass is 32.2. The highest BCUT2D eigenvalue weighted by Gasteiger charge is 2.05. The van der Waals surface area contributed by atoms with Crippen molar-refractivity contribution in [3.63, 3.8) is 0 Å². The Labute approximate surface area is 134 Å². The molecule has 4 heteroatoms. The molecule has 0 aliphatic heterocycles. The fraction of sp³-hybridized carbons (Fsp3) is 0.222. The standard InChI is InChI=1S/C18H17N3S/c1-12(2)13-3-4-14-7-16(21-18(14)8-13)11-22-17-6-5-15(9-19)20-10-17/h3-8,10,12,21H,11H2,1-2H3. The van der Waals surface area contributed by atoms with E-state index in [1.807, 2.05) is 12.1 Å². The summed E-state index contributed by atoms with van der Waals surface area (Å²) in [6, 6.07) is 14.5. The molecular formula is C18H17N3S. The molecule has 2 aromatic heterocycles. The summed E-state index contributed by atoms with van der Waals surface area (Å²) in [5.74, 6) is 1.40. The van der Waals surface area contributed by atoms with Crippen molar-refractivity contribution >= 4 is 22.7 Å². The fourth-order valence-electron chi connectivity index (χ4n) is 2.33. The number of pyridine rings is 1. The van der Waals surface area contributed by atoms with E-state index in [4.69, 9.17) is 5.26 Å². The van der Waals surface area contributed by atoms with E-state index >= 15 is 0 Å². The lowest BCUT2D eigenvalue weighted by atomic mass is 10.0. The smallest absolute Gasteiger partial charge is 0.140 e. The van der Waals surface area contributed by atoms with Gasteiger partial charge in [-0.15, -0.1) is 11.8 Å². The fourth-order valence-corrected chi connectivity index (χ4v) is 3.10. The maximum atomic E-state index is 8.75. The lowest BCUT2D eigenvalue weighted by Gasteiger charge is -2.04. The van der Waals surface area contributed by atoms with Crippen LogP contribution in [0.4, 0.5) is 0 Å². The van der Waals surface area contributed by atoms with E-state index in [2.05, 4.69) is 48.1 Å². The third kappa shape index (κ3) is 3.15. The largest absolute Gasteiger partial charge is 0.358 e. The average Bonchev–Trinajstić information content (AvgIpc) is 2.95. The molecule has 0 saturated carbocycles. The van der Waals surface area contributed by atoms with E-state index in [0.717, 1.165) is 10.6 Å². The Balaban J connectivity index is 1.74. The Hall–Kier alpha value is -2.25. The van der Waals surface area contributed by atoms with Gasteiger partial charge < -0.3 is 4.98 Å². The van der Waals surface area contributed by atoms with Crippen LogP contribution in [0, 0.1) is 11.3 Å². The summed E-state index contributed by atoms with van der Waals surface area (Å²) in [5.41, 5.74) is 4.20. The third-order valence-corrected chi connectivity index (χ3v) is 4.64. The molecule has 0 saturated heterocycles. The Morgan fingerprint density at radius 1 is 1.23 bits per heavy atom. The van der Waals surface area contributed by atoms with Crippen LogP contribution in [-0.4, -0.2) is 9.97 Å². The molecule has 1 aromatic carbocycles. The first-order chi connectivity index (χ1) is 10.7. The normalized spacial score (nSPS) is 11.0. The number of hydrogen-bond donors (Lipinski definition) is 1. The Kier molecular flexibility index (Phi) is 4.17. The number of H-pyrrole nitrogens is 1. The monoisotopic (exact) mass is 307 g/mol. The van der Waals surface area contributed by atoms with E-state index in [1.165, 1.54) is 22.2 Å². The number of aromatic nitrogens is 2. The molecule has 0 fully saturated rings. The molecule has 0 aliphatic carbocycles. The molecule has 0 unspecified atom stereocenters. The number of benzene rings is 1. The van der Waals surface area contributed by atoms with Crippen LogP contribution in [0.25, 0.3) is 10.9 Å². The molecule has 0 spiro atoms. The number of thioether (sulfide) groups is 1. The number of fused-ring (bicyclic) bond motifs is 1. The van der Waals surface area contributed by atoms with Crippen molar-refractivity contribution in [1.29, 1.82) is 5.26 Å². The van der Waals surface area contributed by atoms with Crippen molar-refractivity contribution in [2.24, 2.45) is 0 Å². The number of aromatic amines is 1. The molecule has 0 aliphatic rings. The van der Waals surface area contributed by atoms with Crippen molar-refractivity contribution < 1.29 is 0 Å². The number of nitrogens with zero attached hydrogens (tertiary/aromatic N) is 2. The van der Waals surface area contributed by atoms with Gasteiger partial charge >= 0.3 is 0 Å². The third-order valence-electron chi connectivity index (χ3n) is 3.61. The van der Waals surface area contributed by atoms with E-state index in [1.54, 1.807) is 24.0 Å². The summed E-state index contributed by atoms with van der Waals surface area (Å²) in [7, 11) is 0. The van der Waals surface area contributed by atoms with E-state index < -0.39 is 0 Å². The van der Waals surface area contributed by atoms with Gasteiger partial charge in [-0.05, 0) is 41.1 Å². The molecule has 0 bridgehead atoms. The highest BCUT2D eigenvalue weighted by molar-refractivity contribution is 7.98. The quantitative estimate of drug-likeness (QED) is 0.701. The van der Waals surface area contributed by atoms with Crippen molar-refractivity contribution in [2.75, 3.05) is 0 Å². The molecule has 0 radical (unpaired) electrons. The maximum Gasteiger partial charge on any atom is 0.140 e. The SMILES string of the molecule is CC(C)c1ccc2cc(CSc3ccc(C#N)nc3)[nH]c2c1. The minimum Gasteiger partial charge on any atom is -0.358 e. The summed E-state index contributed by atoms with van der Waals surface area (Å²) in [6.07, 6.45) is 1.75. The zero-order valence-electron chi connectivity index (χ0n) is 12.6. The summed E-state index contributed by atoms with van der Waals surface area (Å²) < 4.78 is 0. The Bertz CT molecular complexity index is 826. The van der Waals surface area contributed by atoms with Crippen LogP contribution in [0.5, 0.6) is 0 Å². The predicted molar refractivity (Wildman–Crippen MR) is 90.9 cm³/mol. The van der Waals surface area contributed by atoms with Crippen molar-refractivity contribution in [3.8, 4) is 6.07 Å². The van der Waals surface area contributed by atoms with E-state index in [-0.39, 0.29) is 0 Å².